The summed E-state index contributed by atoms with van der Waals surface area (Å²) in [6.45, 7) is 4.53. The first kappa shape index (κ1) is 15.5. The van der Waals surface area contributed by atoms with E-state index < -0.39 is 21.9 Å². The highest BCUT2D eigenvalue weighted by atomic mass is 32.2. The molecule has 7 heteroatoms. The highest BCUT2D eigenvalue weighted by molar-refractivity contribution is 7.89. The summed E-state index contributed by atoms with van der Waals surface area (Å²) in [5, 5.41) is 13.9. The topological polar surface area (TPSA) is 101 Å². The highest BCUT2D eigenvalue weighted by Gasteiger charge is 2.16. The van der Waals surface area contributed by atoms with Gasteiger partial charge in [0.2, 0.25) is 10.0 Å². The Bertz CT molecular complexity index is 539. The number of hydrogen-bond acceptors (Lipinski definition) is 4. The molecule has 0 fully saturated rings. The highest BCUT2D eigenvalue weighted by Crippen LogP contribution is 2.18. The van der Waals surface area contributed by atoms with Crippen LogP contribution in [-0.4, -0.2) is 32.6 Å². The Kier molecular flexibility index (Phi) is 4.90. The number of rotatable bonds is 6. The summed E-state index contributed by atoms with van der Waals surface area (Å²) < 4.78 is 22.3. The van der Waals surface area contributed by atoms with Crippen LogP contribution < -0.4 is 10.0 Å². The number of aliphatic carboxylic acids is 1. The number of anilines is 1. The second-order valence-corrected chi connectivity index (χ2v) is 5.88. The fourth-order valence-corrected chi connectivity index (χ4v) is 2.19. The molecule has 1 aromatic carbocycles. The van der Waals surface area contributed by atoms with Crippen LogP contribution in [0.4, 0.5) is 5.69 Å². The fraction of sp³-hybridized carbons (Fsp3) is 0.417. The Morgan fingerprint density at radius 3 is 2.26 bits per heavy atom. The second-order valence-electron chi connectivity index (χ2n) is 4.32. The molecule has 0 aromatic heterocycles. The standard InChI is InChI=1S/C12H18N2O4S/c1-3-14(8-9(2)12(15)16)10-4-6-11(7-5-10)19(13,17)18/h4-7,9H,3,8H2,1-2H3,(H,15,16)(H2,13,17,18). The largest absolute Gasteiger partial charge is 0.481 e. The quantitative estimate of drug-likeness (QED) is 0.808. The van der Waals surface area contributed by atoms with Crippen LogP contribution in [-0.2, 0) is 14.8 Å². The number of nitrogens with zero attached hydrogens (tertiary/aromatic N) is 1. The van der Waals surface area contributed by atoms with Crippen molar-refractivity contribution >= 4 is 21.7 Å². The van der Waals surface area contributed by atoms with Gasteiger partial charge in [-0.2, -0.15) is 0 Å². The third kappa shape index (κ3) is 4.22. The van der Waals surface area contributed by atoms with Crippen molar-refractivity contribution in [3.05, 3.63) is 24.3 Å². The van der Waals surface area contributed by atoms with E-state index in [0.717, 1.165) is 5.69 Å². The smallest absolute Gasteiger partial charge is 0.308 e. The van der Waals surface area contributed by atoms with E-state index in [0.29, 0.717) is 13.1 Å². The van der Waals surface area contributed by atoms with Gasteiger partial charge in [-0.1, -0.05) is 6.92 Å². The lowest BCUT2D eigenvalue weighted by Gasteiger charge is -2.25. The maximum Gasteiger partial charge on any atom is 0.308 e. The number of hydrogen-bond donors (Lipinski definition) is 2. The number of primary sulfonamides is 1. The number of carbonyl (C=O) groups is 1. The van der Waals surface area contributed by atoms with E-state index in [1.807, 2.05) is 11.8 Å². The van der Waals surface area contributed by atoms with Crippen molar-refractivity contribution in [1.29, 1.82) is 0 Å². The minimum absolute atomic E-state index is 0.0404. The minimum Gasteiger partial charge on any atom is -0.481 e. The van der Waals surface area contributed by atoms with Crippen LogP contribution >= 0.6 is 0 Å². The number of nitrogens with two attached hydrogens (primary N) is 1. The zero-order valence-electron chi connectivity index (χ0n) is 10.9. The molecule has 6 nitrogen and oxygen atoms in total. The molecule has 0 saturated heterocycles. The van der Waals surface area contributed by atoms with Crippen LogP contribution in [0.25, 0.3) is 0 Å². The summed E-state index contributed by atoms with van der Waals surface area (Å²) in [7, 11) is -3.70. The van der Waals surface area contributed by atoms with E-state index in [2.05, 4.69) is 0 Å². The van der Waals surface area contributed by atoms with Gasteiger partial charge < -0.3 is 10.0 Å². The van der Waals surface area contributed by atoms with Gasteiger partial charge in [0, 0.05) is 18.8 Å². The van der Waals surface area contributed by atoms with Gasteiger partial charge in [-0.3, -0.25) is 4.79 Å². The molecule has 0 aliphatic heterocycles. The second kappa shape index (κ2) is 6.03. The van der Waals surface area contributed by atoms with Gasteiger partial charge in [-0.15, -0.1) is 0 Å². The maximum absolute atomic E-state index is 11.1. The third-order valence-electron chi connectivity index (χ3n) is 2.83. The van der Waals surface area contributed by atoms with Crippen molar-refractivity contribution in [3.8, 4) is 0 Å². The molecule has 1 atom stereocenters. The summed E-state index contributed by atoms with van der Waals surface area (Å²) in [5.74, 6) is -1.36. The van der Waals surface area contributed by atoms with Gasteiger partial charge in [0.15, 0.2) is 0 Å². The summed E-state index contributed by atoms with van der Waals surface area (Å²) in [5.41, 5.74) is 0.767. The number of benzene rings is 1. The molecule has 0 amide bonds. The Labute approximate surface area is 112 Å². The molecule has 1 unspecified atom stereocenters. The van der Waals surface area contributed by atoms with E-state index in [1.54, 1.807) is 19.1 Å². The van der Waals surface area contributed by atoms with Gasteiger partial charge in [0.05, 0.1) is 10.8 Å². The predicted molar refractivity (Wildman–Crippen MR) is 72.5 cm³/mol. The van der Waals surface area contributed by atoms with Crippen molar-refractivity contribution in [3.63, 3.8) is 0 Å². The van der Waals surface area contributed by atoms with Gasteiger partial charge in [0.1, 0.15) is 0 Å². The zero-order valence-corrected chi connectivity index (χ0v) is 11.7. The number of sulfonamides is 1. The van der Waals surface area contributed by atoms with Crippen molar-refractivity contribution in [2.24, 2.45) is 11.1 Å². The maximum atomic E-state index is 11.1. The van der Waals surface area contributed by atoms with Gasteiger partial charge in [0.25, 0.3) is 0 Å². The average Bonchev–Trinajstić information content (AvgIpc) is 2.34. The Hall–Kier alpha value is -1.60. The van der Waals surface area contributed by atoms with E-state index in [1.165, 1.54) is 12.1 Å². The lowest BCUT2D eigenvalue weighted by molar-refractivity contribution is -0.140. The van der Waals surface area contributed by atoms with Crippen LogP contribution in [0.1, 0.15) is 13.8 Å². The lowest BCUT2D eigenvalue weighted by atomic mass is 10.1. The van der Waals surface area contributed by atoms with Gasteiger partial charge >= 0.3 is 5.97 Å². The van der Waals surface area contributed by atoms with Crippen LogP contribution in [0.15, 0.2) is 29.2 Å². The first-order valence-corrected chi connectivity index (χ1v) is 7.41. The first-order valence-electron chi connectivity index (χ1n) is 5.86. The molecule has 0 aliphatic carbocycles. The van der Waals surface area contributed by atoms with E-state index in [9.17, 15) is 13.2 Å². The molecule has 0 bridgehead atoms. The van der Waals surface area contributed by atoms with E-state index in [-0.39, 0.29) is 4.90 Å². The molecule has 0 heterocycles. The molecule has 19 heavy (non-hydrogen) atoms. The minimum atomic E-state index is -3.70. The molecule has 0 aliphatic rings. The summed E-state index contributed by atoms with van der Waals surface area (Å²) in [6, 6.07) is 6.08. The molecule has 0 saturated carbocycles. The summed E-state index contributed by atoms with van der Waals surface area (Å²) in [4.78, 5) is 12.8. The Morgan fingerprint density at radius 2 is 1.89 bits per heavy atom. The van der Waals surface area contributed by atoms with Crippen LogP contribution in [0.2, 0.25) is 0 Å². The monoisotopic (exact) mass is 286 g/mol. The Balaban J connectivity index is 2.91. The SMILES string of the molecule is CCN(CC(C)C(=O)O)c1ccc(S(N)(=O)=O)cc1. The summed E-state index contributed by atoms with van der Waals surface area (Å²) >= 11 is 0. The molecular weight excluding hydrogens is 268 g/mol. The van der Waals surface area contributed by atoms with Crippen LogP contribution in [0.5, 0.6) is 0 Å². The predicted octanol–water partition coefficient (Wildman–Crippen LogP) is 0.881. The molecule has 0 spiro atoms. The van der Waals surface area contributed by atoms with Crippen molar-refractivity contribution < 1.29 is 18.3 Å². The van der Waals surface area contributed by atoms with Gasteiger partial charge in [-0.25, -0.2) is 13.6 Å². The molecule has 1 aromatic rings. The van der Waals surface area contributed by atoms with Crippen molar-refractivity contribution in [2.75, 3.05) is 18.0 Å². The Morgan fingerprint density at radius 1 is 1.37 bits per heavy atom. The van der Waals surface area contributed by atoms with Gasteiger partial charge in [-0.05, 0) is 31.2 Å². The van der Waals surface area contributed by atoms with Crippen molar-refractivity contribution in [2.45, 2.75) is 18.7 Å². The zero-order chi connectivity index (χ0) is 14.6. The fourth-order valence-electron chi connectivity index (χ4n) is 1.67. The third-order valence-corrected chi connectivity index (χ3v) is 3.76. The molecule has 0 radical (unpaired) electrons. The molecular formula is C12H18N2O4S. The molecule has 1 rings (SSSR count). The molecule has 3 N–H and O–H groups in total. The average molecular weight is 286 g/mol. The number of carboxylic acid groups (broad SMARTS) is 1. The number of carboxylic acids is 1. The van der Waals surface area contributed by atoms with E-state index in [4.69, 9.17) is 10.2 Å². The normalized spacial score (nSPS) is 13.0. The first-order chi connectivity index (χ1) is 8.75. The summed E-state index contributed by atoms with van der Waals surface area (Å²) in [6.07, 6.45) is 0. The van der Waals surface area contributed by atoms with Crippen LogP contribution in [0, 0.1) is 5.92 Å². The van der Waals surface area contributed by atoms with Crippen molar-refractivity contribution in [1.82, 2.24) is 0 Å². The van der Waals surface area contributed by atoms with Crippen LogP contribution in [0.3, 0.4) is 0 Å². The molecule has 106 valence electrons. The lowest BCUT2D eigenvalue weighted by Crippen LogP contribution is -2.31. The van der Waals surface area contributed by atoms with E-state index >= 15 is 0 Å².